The number of alkyl halides is 3. The van der Waals surface area contributed by atoms with E-state index in [2.05, 4.69) is 16.3 Å². The Bertz CT molecular complexity index is 367. The Morgan fingerprint density at radius 1 is 1.10 bits per heavy atom. The Kier molecular flexibility index (Phi) is 4.57. The normalized spacial score (nSPS) is 25.1. The van der Waals surface area contributed by atoms with Crippen molar-refractivity contribution in [2.45, 2.75) is 24.6 Å². The van der Waals surface area contributed by atoms with Crippen LogP contribution >= 0.6 is 0 Å². The summed E-state index contributed by atoms with van der Waals surface area (Å²) in [6.45, 7) is 1.77. The number of nitrogens with one attached hydrogen (secondary N) is 1. The van der Waals surface area contributed by atoms with Gasteiger partial charge in [-0.15, -0.1) is 0 Å². The first kappa shape index (κ1) is 15.5. The summed E-state index contributed by atoms with van der Waals surface area (Å²) in [6, 6.07) is 2.38. The second-order valence-corrected chi connectivity index (χ2v) is 5.77. The van der Waals surface area contributed by atoms with Gasteiger partial charge in [-0.2, -0.15) is 18.4 Å². The molecule has 7 heteroatoms. The zero-order valence-corrected chi connectivity index (χ0v) is 11.7. The lowest BCUT2D eigenvalue weighted by atomic mass is 9.94. The smallest absolute Gasteiger partial charge is 0.301 e. The molecule has 0 amide bonds. The molecule has 1 aliphatic heterocycles. The van der Waals surface area contributed by atoms with Crippen molar-refractivity contribution in [3.63, 3.8) is 0 Å². The van der Waals surface area contributed by atoms with Crippen LogP contribution in [0.2, 0.25) is 0 Å². The van der Waals surface area contributed by atoms with Crippen molar-refractivity contribution in [2.75, 3.05) is 46.3 Å². The van der Waals surface area contributed by atoms with Gasteiger partial charge in [0.2, 0.25) is 0 Å². The van der Waals surface area contributed by atoms with E-state index >= 15 is 0 Å². The van der Waals surface area contributed by atoms with Crippen LogP contribution < -0.4 is 5.32 Å². The van der Waals surface area contributed by atoms with Crippen molar-refractivity contribution in [2.24, 2.45) is 5.92 Å². The van der Waals surface area contributed by atoms with Gasteiger partial charge in [-0.3, -0.25) is 9.80 Å². The Morgan fingerprint density at radius 2 is 1.60 bits per heavy atom. The zero-order valence-electron chi connectivity index (χ0n) is 11.7. The van der Waals surface area contributed by atoms with Gasteiger partial charge in [0.25, 0.3) is 0 Å². The molecule has 0 spiro atoms. The maximum atomic E-state index is 12.3. The van der Waals surface area contributed by atoms with E-state index in [4.69, 9.17) is 0 Å². The van der Waals surface area contributed by atoms with Crippen LogP contribution in [-0.4, -0.2) is 67.8 Å². The van der Waals surface area contributed by atoms with Gasteiger partial charge < -0.3 is 5.32 Å². The molecule has 0 radical (unpaired) electrons. The monoisotopic (exact) mass is 290 g/mol. The molecule has 20 heavy (non-hydrogen) atoms. The Morgan fingerprint density at radius 3 is 1.95 bits per heavy atom. The van der Waals surface area contributed by atoms with E-state index in [9.17, 15) is 18.4 Å². The molecule has 0 aromatic rings. The van der Waals surface area contributed by atoms with Crippen LogP contribution in [0.4, 0.5) is 13.2 Å². The van der Waals surface area contributed by atoms with Gasteiger partial charge in [-0.1, -0.05) is 0 Å². The first-order chi connectivity index (χ1) is 9.38. The minimum Gasteiger partial charge on any atom is -0.301 e. The summed E-state index contributed by atoms with van der Waals surface area (Å²) in [5, 5.41) is 12.6. The summed E-state index contributed by atoms with van der Waals surface area (Å²) in [5.41, 5.74) is -0.536. The largest absolute Gasteiger partial charge is 0.401 e. The van der Waals surface area contributed by atoms with Crippen LogP contribution in [0.1, 0.15) is 12.8 Å². The lowest BCUT2D eigenvalue weighted by Crippen LogP contribution is -2.57. The zero-order chi connectivity index (χ0) is 14.8. The van der Waals surface area contributed by atoms with Gasteiger partial charge in [0.15, 0.2) is 0 Å². The molecule has 1 N–H and O–H groups in total. The third-order valence-corrected chi connectivity index (χ3v) is 4.26. The summed E-state index contributed by atoms with van der Waals surface area (Å²) in [7, 11) is 1.79. The summed E-state index contributed by atoms with van der Waals surface area (Å²) < 4.78 is 37.0. The molecule has 1 unspecified atom stereocenters. The second-order valence-electron chi connectivity index (χ2n) is 5.77. The fraction of sp³-hybridized carbons (Fsp3) is 0.923. The molecule has 4 nitrogen and oxygen atoms in total. The first-order valence-corrected chi connectivity index (χ1v) is 7.00. The maximum absolute atomic E-state index is 12.3. The molecule has 2 rings (SSSR count). The van der Waals surface area contributed by atoms with Crippen LogP contribution in [0.5, 0.6) is 0 Å². The Hall–Kier alpha value is -0.840. The van der Waals surface area contributed by atoms with Gasteiger partial charge >= 0.3 is 6.18 Å². The molecule has 0 bridgehead atoms. The number of halogens is 3. The van der Waals surface area contributed by atoms with E-state index in [1.54, 1.807) is 7.05 Å². The number of likely N-dealkylation sites (N-methyl/N-ethyl adjacent to an activating group) is 1. The molecular weight excluding hydrogens is 269 g/mol. The molecule has 1 heterocycles. The highest BCUT2D eigenvalue weighted by Crippen LogP contribution is 2.39. The molecule has 1 saturated carbocycles. The average Bonchev–Trinajstić information content (AvgIpc) is 3.21. The molecule has 0 aromatic heterocycles. The summed E-state index contributed by atoms with van der Waals surface area (Å²) in [6.07, 6.45) is -2.01. The lowest BCUT2D eigenvalue weighted by molar-refractivity contribution is -0.149. The van der Waals surface area contributed by atoms with Gasteiger partial charge in [-0.25, -0.2) is 0 Å². The maximum Gasteiger partial charge on any atom is 0.401 e. The van der Waals surface area contributed by atoms with Crippen LogP contribution in [0.25, 0.3) is 0 Å². The lowest BCUT2D eigenvalue weighted by Gasteiger charge is -2.39. The number of rotatable bonds is 5. The minimum absolute atomic E-state index is 0.380. The number of piperazine rings is 1. The highest BCUT2D eigenvalue weighted by Gasteiger charge is 2.46. The molecule has 1 saturated heterocycles. The Labute approximate surface area is 117 Å². The molecular formula is C13H21F3N4. The van der Waals surface area contributed by atoms with E-state index in [1.807, 2.05) is 0 Å². The van der Waals surface area contributed by atoms with E-state index in [-0.39, 0.29) is 0 Å². The van der Waals surface area contributed by atoms with Crippen molar-refractivity contribution in [1.29, 1.82) is 5.26 Å². The number of hydrogen-bond donors (Lipinski definition) is 1. The minimum atomic E-state index is -4.13. The highest BCUT2D eigenvalue weighted by molar-refractivity contribution is 5.16. The van der Waals surface area contributed by atoms with Crippen molar-refractivity contribution >= 4 is 0 Å². The Balaban J connectivity index is 1.83. The first-order valence-electron chi connectivity index (χ1n) is 7.00. The van der Waals surface area contributed by atoms with Gasteiger partial charge in [0.05, 0.1) is 12.6 Å². The molecule has 2 aliphatic rings. The third-order valence-electron chi connectivity index (χ3n) is 4.26. The van der Waals surface area contributed by atoms with Gasteiger partial charge in [0.1, 0.15) is 5.54 Å². The van der Waals surface area contributed by atoms with E-state index in [0.29, 0.717) is 38.6 Å². The number of nitrogens with zero attached hydrogens (tertiary/aromatic N) is 3. The highest BCUT2D eigenvalue weighted by atomic mass is 19.4. The fourth-order valence-electron chi connectivity index (χ4n) is 2.88. The van der Waals surface area contributed by atoms with Gasteiger partial charge in [-0.05, 0) is 25.8 Å². The quantitative estimate of drug-likeness (QED) is 0.822. The molecule has 0 aromatic carbocycles. The summed E-state index contributed by atoms with van der Waals surface area (Å²) in [4.78, 5) is 3.53. The van der Waals surface area contributed by atoms with E-state index < -0.39 is 18.3 Å². The number of hydrogen-bond acceptors (Lipinski definition) is 4. The SMILES string of the molecule is CNC(C#N)(CN1CCN(CC(F)(F)F)CC1)C1CC1. The molecule has 1 aliphatic carbocycles. The predicted octanol–water partition coefficient (Wildman–Crippen LogP) is 1.06. The summed E-state index contributed by atoms with van der Waals surface area (Å²) >= 11 is 0. The fourth-order valence-corrected chi connectivity index (χ4v) is 2.88. The van der Waals surface area contributed by atoms with Crippen molar-refractivity contribution in [3.05, 3.63) is 0 Å². The van der Waals surface area contributed by atoms with Crippen LogP contribution in [0, 0.1) is 17.2 Å². The third kappa shape index (κ3) is 3.84. The van der Waals surface area contributed by atoms with E-state index in [1.165, 1.54) is 4.90 Å². The topological polar surface area (TPSA) is 42.3 Å². The van der Waals surface area contributed by atoms with Crippen molar-refractivity contribution < 1.29 is 13.2 Å². The van der Waals surface area contributed by atoms with Crippen LogP contribution in [0.15, 0.2) is 0 Å². The van der Waals surface area contributed by atoms with Crippen molar-refractivity contribution in [3.8, 4) is 6.07 Å². The standard InChI is InChI=1S/C13H21F3N4/c1-18-12(8-17,11-2-3-11)9-19-4-6-20(7-5-19)10-13(14,15)16/h11,18H,2-7,9-10H2,1H3. The van der Waals surface area contributed by atoms with Crippen LogP contribution in [-0.2, 0) is 0 Å². The van der Waals surface area contributed by atoms with Crippen molar-refractivity contribution in [1.82, 2.24) is 15.1 Å². The molecule has 1 atom stereocenters. The number of nitriles is 1. The summed E-state index contributed by atoms with van der Waals surface area (Å²) in [5.74, 6) is 0.380. The second kappa shape index (κ2) is 5.88. The van der Waals surface area contributed by atoms with Crippen LogP contribution in [0.3, 0.4) is 0 Å². The average molecular weight is 290 g/mol. The van der Waals surface area contributed by atoms with E-state index in [0.717, 1.165) is 12.8 Å². The molecule has 114 valence electrons. The molecule has 2 fully saturated rings. The predicted molar refractivity (Wildman–Crippen MR) is 69.1 cm³/mol. The van der Waals surface area contributed by atoms with Gasteiger partial charge in [0, 0.05) is 32.7 Å².